The molecule has 0 rings (SSSR count). The number of nitrogens with zero attached hydrogens (tertiary/aromatic N) is 1. The fourth-order valence-electron chi connectivity index (χ4n) is 0.730. The average Bonchev–Trinajstić information content (AvgIpc) is 1.88. The number of rotatable bonds is 4. The number of carbonyl (C=O) groups excluding carboxylic acids is 1. The van der Waals surface area contributed by atoms with Crippen LogP contribution in [-0.4, -0.2) is 5.78 Å². The molecule has 0 aliphatic rings. The number of carbonyl (C=O) groups is 1. The monoisotopic (exact) mass is 137 g/mol. The first-order valence-corrected chi connectivity index (χ1v) is 3.24. The molecule has 10 heavy (non-hydrogen) atoms. The lowest BCUT2D eigenvalue weighted by atomic mass is 10.0. The maximum atomic E-state index is 10.5. The van der Waals surface area contributed by atoms with Crippen LogP contribution in [-0.2, 0) is 4.79 Å². The predicted molar refractivity (Wildman–Crippen MR) is 39.2 cm³/mol. The molecule has 0 spiro atoms. The van der Waals surface area contributed by atoms with Crippen LogP contribution in [0.5, 0.6) is 0 Å². The van der Waals surface area contributed by atoms with Gasteiger partial charge in [0.2, 0.25) is 5.78 Å². The molecule has 0 aliphatic carbocycles. The molecule has 0 aromatic rings. The minimum absolute atomic E-state index is 0.254. The summed E-state index contributed by atoms with van der Waals surface area (Å²) < 4.78 is 0. The predicted octanol–water partition coefficient (Wildman–Crippen LogP) is 1.68. The van der Waals surface area contributed by atoms with E-state index in [4.69, 9.17) is 5.26 Å². The van der Waals surface area contributed by atoms with Crippen molar-refractivity contribution in [2.45, 2.75) is 19.8 Å². The van der Waals surface area contributed by atoms with Crippen LogP contribution < -0.4 is 0 Å². The highest BCUT2D eigenvalue weighted by Crippen LogP contribution is 2.07. The smallest absolute Gasteiger partial charge is 0.232 e. The van der Waals surface area contributed by atoms with Gasteiger partial charge < -0.3 is 0 Å². The third-order valence-electron chi connectivity index (χ3n) is 1.23. The van der Waals surface area contributed by atoms with Crippen LogP contribution in [0.15, 0.2) is 12.7 Å². The van der Waals surface area contributed by atoms with Gasteiger partial charge >= 0.3 is 0 Å². The second-order valence-corrected chi connectivity index (χ2v) is 2.37. The van der Waals surface area contributed by atoms with Crippen molar-refractivity contribution in [3.8, 4) is 6.07 Å². The Morgan fingerprint density at radius 1 is 1.90 bits per heavy atom. The molecular formula is C8H11NO. The molecule has 0 fully saturated rings. The van der Waals surface area contributed by atoms with Gasteiger partial charge in [0.05, 0.1) is 0 Å². The van der Waals surface area contributed by atoms with Crippen LogP contribution in [0.4, 0.5) is 0 Å². The zero-order chi connectivity index (χ0) is 7.98. The van der Waals surface area contributed by atoms with Gasteiger partial charge in [0.15, 0.2) is 0 Å². The molecular weight excluding hydrogens is 126 g/mol. The highest BCUT2D eigenvalue weighted by molar-refractivity contribution is 5.93. The quantitative estimate of drug-likeness (QED) is 0.437. The van der Waals surface area contributed by atoms with E-state index in [0.29, 0.717) is 6.42 Å². The van der Waals surface area contributed by atoms with Crippen molar-refractivity contribution in [3.63, 3.8) is 0 Å². The lowest BCUT2D eigenvalue weighted by Crippen LogP contribution is -2.01. The lowest BCUT2D eigenvalue weighted by Gasteiger charge is -2.01. The summed E-state index contributed by atoms with van der Waals surface area (Å²) in [6.07, 6.45) is 2.91. The third kappa shape index (κ3) is 3.85. The second-order valence-electron chi connectivity index (χ2n) is 2.37. The third-order valence-corrected chi connectivity index (χ3v) is 1.23. The van der Waals surface area contributed by atoms with E-state index in [2.05, 4.69) is 6.58 Å². The van der Waals surface area contributed by atoms with Gasteiger partial charge in [0.1, 0.15) is 6.07 Å². The molecule has 0 bridgehead atoms. The van der Waals surface area contributed by atoms with Crippen LogP contribution in [0.2, 0.25) is 0 Å². The van der Waals surface area contributed by atoms with Crippen LogP contribution in [0, 0.1) is 17.2 Å². The van der Waals surface area contributed by atoms with Gasteiger partial charge in [-0.25, -0.2) is 0 Å². The largest absolute Gasteiger partial charge is 0.283 e. The Morgan fingerprint density at radius 2 is 2.50 bits per heavy atom. The number of ketones is 1. The Hall–Kier alpha value is -1.10. The van der Waals surface area contributed by atoms with E-state index in [9.17, 15) is 4.79 Å². The van der Waals surface area contributed by atoms with Gasteiger partial charge in [-0.05, 0) is 12.3 Å². The number of allylic oxidation sites excluding steroid dienone is 1. The average molecular weight is 137 g/mol. The summed E-state index contributed by atoms with van der Waals surface area (Å²) in [5, 5.41) is 8.13. The van der Waals surface area contributed by atoms with Gasteiger partial charge in [0, 0.05) is 6.42 Å². The molecule has 54 valence electrons. The summed E-state index contributed by atoms with van der Waals surface area (Å²) in [7, 11) is 0. The molecule has 2 heteroatoms. The minimum atomic E-state index is -0.339. The van der Waals surface area contributed by atoms with E-state index in [1.54, 1.807) is 12.1 Å². The zero-order valence-electron chi connectivity index (χ0n) is 6.13. The van der Waals surface area contributed by atoms with E-state index >= 15 is 0 Å². The molecule has 1 atom stereocenters. The molecule has 2 nitrogen and oxygen atoms in total. The lowest BCUT2D eigenvalue weighted by molar-refractivity contribution is -0.114. The molecule has 0 amide bonds. The first-order chi connectivity index (χ1) is 4.70. The Labute approximate surface area is 61.2 Å². The number of Topliss-reactive ketones (excluding diaryl/α,β-unsaturated/α-hetero) is 1. The molecule has 0 aliphatic heterocycles. The van der Waals surface area contributed by atoms with E-state index in [1.165, 1.54) is 0 Å². The molecule has 0 N–H and O–H groups in total. The Morgan fingerprint density at radius 3 is 2.90 bits per heavy atom. The standard InChI is InChI=1S/C8H11NO/c1-3-4-7(2)5-8(10)6-9/h3,7H,1,4-5H2,2H3. The van der Waals surface area contributed by atoms with Crippen LogP contribution >= 0.6 is 0 Å². The first kappa shape index (κ1) is 8.90. The Balaban J connectivity index is 3.59. The normalized spacial score (nSPS) is 11.6. The maximum Gasteiger partial charge on any atom is 0.232 e. The SMILES string of the molecule is C=CCC(C)CC(=O)C#N. The van der Waals surface area contributed by atoms with Gasteiger partial charge in [-0.2, -0.15) is 5.26 Å². The highest BCUT2D eigenvalue weighted by atomic mass is 16.1. The summed E-state index contributed by atoms with van der Waals surface area (Å²) in [6, 6.07) is 1.58. The summed E-state index contributed by atoms with van der Waals surface area (Å²) in [5.74, 6) is -0.0843. The maximum absolute atomic E-state index is 10.5. The van der Waals surface area contributed by atoms with Gasteiger partial charge in [-0.3, -0.25) is 4.79 Å². The van der Waals surface area contributed by atoms with Crippen molar-refractivity contribution >= 4 is 5.78 Å². The van der Waals surface area contributed by atoms with Gasteiger partial charge in [-0.15, -0.1) is 6.58 Å². The molecule has 0 heterocycles. The molecule has 0 saturated heterocycles. The second kappa shape index (κ2) is 4.75. The Kier molecular flexibility index (Phi) is 4.23. The van der Waals surface area contributed by atoms with Crippen molar-refractivity contribution in [1.29, 1.82) is 5.26 Å². The highest BCUT2D eigenvalue weighted by Gasteiger charge is 2.05. The fraction of sp³-hybridized carbons (Fsp3) is 0.500. The van der Waals surface area contributed by atoms with Crippen molar-refractivity contribution < 1.29 is 4.79 Å². The summed E-state index contributed by atoms with van der Waals surface area (Å²) in [5.41, 5.74) is 0. The molecule has 0 radical (unpaired) electrons. The number of hydrogen-bond donors (Lipinski definition) is 0. The Bertz CT molecular complexity index is 167. The van der Waals surface area contributed by atoms with Crippen LogP contribution in [0.3, 0.4) is 0 Å². The van der Waals surface area contributed by atoms with Crippen LogP contribution in [0.1, 0.15) is 19.8 Å². The van der Waals surface area contributed by atoms with E-state index < -0.39 is 0 Å². The van der Waals surface area contributed by atoms with E-state index in [-0.39, 0.29) is 11.7 Å². The first-order valence-electron chi connectivity index (χ1n) is 3.24. The van der Waals surface area contributed by atoms with Crippen LogP contribution in [0.25, 0.3) is 0 Å². The minimum Gasteiger partial charge on any atom is -0.283 e. The van der Waals surface area contributed by atoms with Crippen molar-refractivity contribution in [2.24, 2.45) is 5.92 Å². The van der Waals surface area contributed by atoms with Crippen molar-refractivity contribution in [2.75, 3.05) is 0 Å². The number of nitriles is 1. The number of hydrogen-bond acceptors (Lipinski definition) is 2. The molecule has 0 aromatic carbocycles. The van der Waals surface area contributed by atoms with E-state index in [0.717, 1.165) is 6.42 Å². The molecule has 0 aromatic heterocycles. The fourth-order valence-corrected chi connectivity index (χ4v) is 0.730. The van der Waals surface area contributed by atoms with Crippen molar-refractivity contribution in [3.05, 3.63) is 12.7 Å². The van der Waals surface area contributed by atoms with E-state index in [1.807, 2.05) is 6.92 Å². The van der Waals surface area contributed by atoms with Crippen molar-refractivity contribution in [1.82, 2.24) is 0 Å². The molecule has 1 unspecified atom stereocenters. The molecule has 0 saturated carbocycles. The van der Waals surface area contributed by atoms with Gasteiger partial charge in [-0.1, -0.05) is 13.0 Å². The van der Waals surface area contributed by atoms with Gasteiger partial charge in [0.25, 0.3) is 0 Å². The zero-order valence-corrected chi connectivity index (χ0v) is 6.13. The summed E-state index contributed by atoms with van der Waals surface area (Å²) in [6.45, 7) is 5.47. The summed E-state index contributed by atoms with van der Waals surface area (Å²) in [4.78, 5) is 10.5. The topological polar surface area (TPSA) is 40.9 Å². The summed E-state index contributed by atoms with van der Waals surface area (Å²) >= 11 is 0.